The zero-order chi connectivity index (χ0) is 8.97. The molecule has 1 heterocycles. The van der Waals surface area contributed by atoms with Crippen molar-refractivity contribution in [3.63, 3.8) is 0 Å². The molecule has 0 radical (unpaired) electrons. The van der Waals surface area contributed by atoms with Gasteiger partial charge in [0.05, 0.1) is 0 Å². The maximum Gasteiger partial charge on any atom is 0.0356 e. The predicted octanol–water partition coefficient (Wildman–Crippen LogP) is 2.73. The third kappa shape index (κ3) is 2.26. The molecule has 1 rings (SSSR count). The van der Waals surface area contributed by atoms with Crippen LogP contribution in [0.3, 0.4) is 0 Å². The SMILES string of the molecule is CCC1=C\C=C/CN(C)/C(C)=C\1. The zero-order valence-electron chi connectivity index (χ0n) is 8.17. The van der Waals surface area contributed by atoms with E-state index >= 15 is 0 Å². The lowest BCUT2D eigenvalue weighted by Gasteiger charge is -2.19. The first-order valence-corrected chi connectivity index (χ1v) is 4.49. The van der Waals surface area contributed by atoms with Crippen molar-refractivity contribution in [2.75, 3.05) is 13.6 Å². The highest BCUT2D eigenvalue weighted by Crippen LogP contribution is 2.11. The summed E-state index contributed by atoms with van der Waals surface area (Å²) in [5.74, 6) is 0. The Bertz CT molecular complexity index is 233. The van der Waals surface area contributed by atoms with Gasteiger partial charge in [0.25, 0.3) is 0 Å². The highest BCUT2D eigenvalue weighted by Gasteiger charge is 1.99. The first-order chi connectivity index (χ1) is 5.74. The van der Waals surface area contributed by atoms with Crippen LogP contribution in [0.1, 0.15) is 20.3 Å². The van der Waals surface area contributed by atoms with Crippen molar-refractivity contribution >= 4 is 0 Å². The summed E-state index contributed by atoms with van der Waals surface area (Å²) in [6.07, 6.45) is 9.87. The van der Waals surface area contributed by atoms with Crippen LogP contribution in [0.4, 0.5) is 0 Å². The van der Waals surface area contributed by atoms with Gasteiger partial charge in [0.1, 0.15) is 0 Å². The summed E-state index contributed by atoms with van der Waals surface area (Å²) in [5, 5.41) is 0. The minimum Gasteiger partial charge on any atom is -0.374 e. The predicted molar refractivity (Wildman–Crippen MR) is 53.9 cm³/mol. The standard InChI is InChI=1S/C11H17N/c1-4-11-7-5-6-8-12(3)10(2)9-11/h5-7,9H,4,8H2,1-3H3/b6-5-,10-9-,11-7+. The number of nitrogens with zero attached hydrogens (tertiary/aromatic N) is 1. The molecule has 0 saturated carbocycles. The smallest absolute Gasteiger partial charge is 0.0356 e. The third-order valence-electron chi connectivity index (χ3n) is 2.23. The van der Waals surface area contributed by atoms with E-state index < -0.39 is 0 Å². The average Bonchev–Trinajstić information content (AvgIpc) is 2.06. The lowest BCUT2D eigenvalue weighted by Crippen LogP contribution is -2.16. The van der Waals surface area contributed by atoms with Crippen LogP contribution in [0.15, 0.2) is 35.6 Å². The van der Waals surface area contributed by atoms with Crippen molar-refractivity contribution in [1.29, 1.82) is 0 Å². The van der Waals surface area contributed by atoms with Gasteiger partial charge in [-0.3, -0.25) is 0 Å². The fourth-order valence-corrected chi connectivity index (χ4v) is 1.20. The Kier molecular flexibility index (Phi) is 3.15. The first-order valence-electron chi connectivity index (χ1n) is 4.49. The molecule has 12 heavy (non-hydrogen) atoms. The fraction of sp³-hybridized carbons (Fsp3) is 0.455. The normalized spacial score (nSPS) is 29.4. The molecule has 0 unspecified atom stereocenters. The largest absolute Gasteiger partial charge is 0.374 e. The van der Waals surface area contributed by atoms with Crippen LogP contribution < -0.4 is 0 Å². The quantitative estimate of drug-likeness (QED) is 0.574. The molecule has 0 amide bonds. The Hall–Kier alpha value is -0.980. The van der Waals surface area contributed by atoms with E-state index in [0.29, 0.717) is 0 Å². The van der Waals surface area contributed by atoms with Gasteiger partial charge in [0.15, 0.2) is 0 Å². The van der Waals surface area contributed by atoms with Crippen LogP contribution in [0.2, 0.25) is 0 Å². The average molecular weight is 163 g/mol. The number of likely N-dealkylation sites (N-methyl/N-ethyl adjacent to an activating group) is 1. The van der Waals surface area contributed by atoms with Gasteiger partial charge >= 0.3 is 0 Å². The number of rotatable bonds is 1. The van der Waals surface area contributed by atoms with E-state index in [1.807, 2.05) is 0 Å². The van der Waals surface area contributed by atoms with Gasteiger partial charge in [-0.05, 0) is 25.0 Å². The molecule has 0 spiro atoms. The zero-order valence-corrected chi connectivity index (χ0v) is 8.17. The monoisotopic (exact) mass is 163 g/mol. The Balaban J connectivity index is 2.87. The van der Waals surface area contributed by atoms with Crippen LogP contribution in [0, 0.1) is 0 Å². The third-order valence-corrected chi connectivity index (χ3v) is 2.23. The van der Waals surface area contributed by atoms with Crippen molar-refractivity contribution < 1.29 is 0 Å². The maximum atomic E-state index is 2.25. The molecular weight excluding hydrogens is 146 g/mol. The molecule has 0 atom stereocenters. The van der Waals surface area contributed by atoms with Gasteiger partial charge in [0.2, 0.25) is 0 Å². The molecule has 0 bridgehead atoms. The van der Waals surface area contributed by atoms with Crippen molar-refractivity contribution in [2.45, 2.75) is 20.3 Å². The molecule has 0 N–H and O–H groups in total. The van der Waals surface area contributed by atoms with Crippen LogP contribution >= 0.6 is 0 Å². The number of hydrogen-bond donors (Lipinski definition) is 0. The molecule has 0 aliphatic carbocycles. The van der Waals surface area contributed by atoms with Crippen molar-refractivity contribution in [2.24, 2.45) is 0 Å². The Labute approximate surface area is 75.1 Å². The number of allylic oxidation sites excluding steroid dienone is 5. The fourth-order valence-electron chi connectivity index (χ4n) is 1.20. The summed E-state index contributed by atoms with van der Waals surface area (Å²) in [6.45, 7) is 5.35. The van der Waals surface area contributed by atoms with Crippen LogP contribution in [0.5, 0.6) is 0 Å². The summed E-state index contributed by atoms with van der Waals surface area (Å²) < 4.78 is 0. The lowest BCUT2D eigenvalue weighted by molar-refractivity contribution is 0.464. The summed E-state index contributed by atoms with van der Waals surface area (Å²) in [6, 6.07) is 0. The van der Waals surface area contributed by atoms with E-state index in [0.717, 1.165) is 13.0 Å². The molecule has 0 aromatic heterocycles. The molecule has 1 heteroatoms. The van der Waals surface area contributed by atoms with Gasteiger partial charge in [-0.2, -0.15) is 0 Å². The molecular formula is C11H17N. The van der Waals surface area contributed by atoms with E-state index in [-0.39, 0.29) is 0 Å². The molecule has 0 saturated heterocycles. The topological polar surface area (TPSA) is 3.24 Å². The first kappa shape index (κ1) is 9.11. The van der Waals surface area contributed by atoms with Crippen LogP contribution in [-0.2, 0) is 0 Å². The molecule has 1 aliphatic heterocycles. The van der Waals surface area contributed by atoms with Gasteiger partial charge in [-0.15, -0.1) is 0 Å². The van der Waals surface area contributed by atoms with Crippen molar-refractivity contribution in [3.05, 3.63) is 35.6 Å². The minimum atomic E-state index is 1.01. The van der Waals surface area contributed by atoms with Gasteiger partial charge < -0.3 is 4.90 Å². The maximum absolute atomic E-state index is 2.25. The second kappa shape index (κ2) is 4.15. The van der Waals surface area contributed by atoms with Gasteiger partial charge in [0, 0.05) is 19.3 Å². The summed E-state index contributed by atoms with van der Waals surface area (Å²) in [4.78, 5) is 2.25. The summed E-state index contributed by atoms with van der Waals surface area (Å²) in [7, 11) is 2.12. The molecule has 0 aromatic rings. The van der Waals surface area contributed by atoms with Crippen molar-refractivity contribution in [1.82, 2.24) is 4.90 Å². The van der Waals surface area contributed by atoms with Crippen LogP contribution in [-0.4, -0.2) is 18.5 Å². The minimum absolute atomic E-state index is 1.01. The highest BCUT2D eigenvalue weighted by atomic mass is 15.1. The molecule has 0 fully saturated rings. The molecule has 1 aliphatic rings. The summed E-state index contributed by atoms with van der Waals surface area (Å²) >= 11 is 0. The molecule has 66 valence electrons. The highest BCUT2D eigenvalue weighted by molar-refractivity contribution is 5.27. The molecule has 1 nitrogen and oxygen atoms in total. The van der Waals surface area contributed by atoms with E-state index in [4.69, 9.17) is 0 Å². The Morgan fingerprint density at radius 2 is 2.25 bits per heavy atom. The van der Waals surface area contributed by atoms with Gasteiger partial charge in [-0.1, -0.05) is 25.2 Å². The van der Waals surface area contributed by atoms with E-state index in [9.17, 15) is 0 Å². The number of hydrogen-bond acceptors (Lipinski definition) is 1. The van der Waals surface area contributed by atoms with Gasteiger partial charge in [-0.25, -0.2) is 0 Å². The Morgan fingerprint density at radius 3 is 2.92 bits per heavy atom. The second-order valence-electron chi connectivity index (χ2n) is 3.19. The van der Waals surface area contributed by atoms with E-state index in [2.05, 4.69) is 50.1 Å². The van der Waals surface area contributed by atoms with Crippen molar-refractivity contribution in [3.8, 4) is 0 Å². The second-order valence-corrected chi connectivity index (χ2v) is 3.19. The Morgan fingerprint density at radius 1 is 1.50 bits per heavy atom. The van der Waals surface area contributed by atoms with Crippen LogP contribution in [0.25, 0.3) is 0 Å². The lowest BCUT2D eigenvalue weighted by atomic mass is 10.1. The van der Waals surface area contributed by atoms with E-state index in [1.54, 1.807) is 0 Å². The van der Waals surface area contributed by atoms with E-state index in [1.165, 1.54) is 11.3 Å². The molecule has 0 aromatic carbocycles. The summed E-state index contributed by atoms with van der Waals surface area (Å²) in [5.41, 5.74) is 2.74.